The molecule has 0 aliphatic carbocycles. The van der Waals surface area contributed by atoms with Crippen molar-refractivity contribution >= 4 is 24.4 Å². The quantitative estimate of drug-likeness (QED) is 0.497. The van der Waals surface area contributed by atoms with Gasteiger partial charge < -0.3 is 10.2 Å². The van der Waals surface area contributed by atoms with Gasteiger partial charge in [-0.3, -0.25) is 0 Å². The van der Waals surface area contributed by atoms with E-state index >= 15 is 0 Å². The van der Waals surface area contributed by atoms with Gasteiger partial charge in [-0.05, 0) is 12.8 Å². The Bertz CT molecular complexity index is 36.0. The molecule has 3 heteroatoms. The van der Waals surface area contributed by atoms with E-state index < -0.39 is 0 Å². The van der Waals surface area contributed by atoms with Crippen LogP contribution in [0.15, 0.2) is 0 Å². The second kappa shape index (κ2) is 11.5. The number of aliphatic hydroxyl groups is 2. The second-order valence-corrected chi connectivity index (χ2v) is 1.86. The van der Waals surface area contributed by atoms with Gasteiger partial charge in [-0.2, -0.15) is 0 Å². The molecule has 0 aliphatic heterocycles. The molecule has 0 unspecified atom stereocenters. The molecule has 0 rings (SSSR count). The van der Waals surface area contributed by atoms with E-state index in [1.165, 1.54) is 0 Å². The molecule has 2 nitrogen and oxygen atoms in total. The zero-order valence-corrected chi connectivity index (χ0v) is 9.88. The van der Waals surface area contributed by atoms with E-state index in [4.69, 9.17) is 10.2 Å². The van der Waals surface area contributed by atoms with Crippen LogP contribution >= 0.6 is 0 Å². The van der Waals surface area contributed by atoms with Gasteiger partial charge >= 0.3 is 24.4 Å². The van der Waals surface area contributed by atoms with Crippen molar-refractivity contribution in [1.82, 2.24) is 0 Å². The molecule has 0 aromatic rings. The minimum atomic E-state index is 0. The van der Waals surface area contributed by atoms with Crippen LogP contribution in [0, 0.1) is 0 Å². The van der Waals surface area contributed by atoms with Crippen molar-refractivity contribution in [3.05, 3.63) is 0 Å². The first-order chi connectivity index (χ1) is 3.91. The van der Waals surface area contributed by atoms with E-state index in [1.807, 2.05) is 0 Å². The summed E-state index contributed by atoms with van der Waals surface area (Å²) in [5.41, 5.74) is 0. The molecule has 0 aromatic carbocycles. The Morgan fingerprint density at radius 2 is 1.00 bits per heavy atom. The van der Waals surface area contributed by atoms with E-state index in [9.17, 15) is 0 Å². The van der Waals surface area contributed by atoms with Crippen molar-refractivity contribution in [3.8, 4) is 0 Å². The van der Waals surface area contributed by atoms with Gasteiger partial charge in [0.1, 0.15) is 0 Å². The second-order valence-electron chi connectivity index (χ2n) is 1.86. The average molecular weight is 243 g/mol. The monoisotopic (exact) mass is 242 g/mol. The third-order valence-electron chi connectivity index (χ3n) is 1.07. The first kappa shape index (κ1) is 12.4. The molecule has 0 radical (unpaired) electrons. The molecule has 0 heterocycles. The summed E-state index contributed by atoms with van der Waals surface area (Å²) >= 11 is 0. The Morgan fingerprint density at radius 3 is 1.22 bits per heavy atom. The molecule has 0 saturated heterocycles. The molecule has 0 fully saturated rings. The summed E-state index contributed by atoms with van der Waals surface area (Å²) in [4.78, 5) is 0. The Kier molecular flexibility index (Phi) is 15.9. The third-order valence-corrected chi connectivity index (χ3v) is 1.07. The fourth-order valence-electron chi connectivity index (χ4n) is 0.577. The summed E-state index contributed by atoms with van der Waals surface area (Å²) in [6.45, 7) is 0.566. The van der Waals surface area contributed by atoms with Gasteiger partial charge in [-0.15, -0.1) is 0 Å². The molecule has 0 atom stereocenters. The first-order valence-electron chi connectivity index (χ1n) is 3.13. The number of aliphatic hydroxyl groups excluding tert-OH is 2. The third kappa shape index (κ3) is 12.0. The Hall–Kier alpha value is 0.738. The summed E-state index contributed by atoms with van der Waals surface area (Å²) in [6.07, 6.45) is 3.83. The van der Waals surface area contributed by atoms with Crippen LogP contribution in [0.1, 0.15) is 25.7 Å². The molecule has 58 valence electrons. The number of unbranched alkanes of at least 4 members (excludes halogenated alkanes) is 3. The van der Waals surface area contributed by atoms with Crippen molar-refractivity contribution in [2.75, 3.05) is 13.2 Å². The van der Waals surface area contributed by atoms with E-state index in [2.05, 4.69) is 0 Å². The van der Waals surface area contributed by atoms with E-state index in [1.54, 1.807) is 0 Å². The van der Waals surface area contributed by atoms with Crippen molar-refractivity contribution in [2.45, 2.75) is 25.7 Å². The van der Waals surface area contributed by atoms with Crippen LogP contribution in [0.25, 0.3) is 0 Å². The standard InChI is InChI=1S/C6H14O2.Sb.3H/c7-5-3-1-2-4-6-8;;;;/h7-8H,1-6H2;;;;. The summed E-state index contributed by atoms with van der Waals surface area (Å²) in [5.74, 6) is 0. The predicted octanol–water partition coefficient (Wildman–Crippen LogP) is -0.653. The van der Waals surface area contributed by atoms with Crippen LogP contribution < -0.4 is 0 Å². The fraction of sp³-hybridized carbons (Fsp3) is 1.00. The zero-order chi connectivity index (χ0) is 6.24. The number of hydrogen-bond donors (Lipinski definition) is 2. The summed E-state index contributed by atoms with van der Waals surface area (Å²) in [7, 11) is 0. The SMILES string of the molecule is OCCCCCCO.[SbH3]. The maximum atomic E-state index is 8.30. The van der Waals surface area contributed by atoms with Crippen LogP contribution in [-0.4, -0.2) is 47.9 Å². The van der Waals surface area contributed by atoms with Gasteiger partial charge in [0.15, 0.2) is 0 Å². The van der Waals surface area contributed by atoms with Crippen LogP contribution in [0.2, 0.25) is 0 Å². The summed E-state index contributed by atoms with van der Waals surface area (Å²) in [6, 6.07) is 0. The van der Waals surface area contributed by atoms with Gasteiger partial charge in [0.2, 0.25) is 0 Å². The van der Waals surface area contributed by atoms with E-state index in [0.29, 0.717) is 0 Å². The average Bonchev–Trinajstić information content (AvgIpc) is 1.81. The van der Waals surface area contributed by atoms with Crippen molar-refractivity contribution in [2.24, 2.45) is 0 Å². The summed E-state index contributed by atoms with van der Waals surface area (Å²) < 4.78 is 0. The zero-order valence-electron chi connectivity index (χ0n) is 5.84. The maximum absolute atomic E-state index is 8.30. The van der Waals surface area contributed by atoms with Gasteiger partial charge in [0.25, 0.3) is 0 Å². The number of hydrogen-bond acceptors (Lipinski definition) is 2. The predicted molar refractivity (Wildman–Crippen MR) is 42.6 cm³/mol. The van der Waals surface area contributed by atoms with E-state index in [0.717, 1.165) is 25.7 Å². The van der Waals surface area contributed by atoms with Crippen LogP contribution in [0.4, 0.5) is 0 Å². The van der Waals surface area contributed by atoms with Crippen molar-refractivity contribution in [3.63, 3.8) is 0 Å². The summed E-state index contributed by atoms with van der Waals surface area (Å²) in [5, 5.41) is 16.6. The van der Waals surface area contributed by atoms with Gasteiger partial charge in [-0.1, -0.05) is 12.8 Å². The Balaban J connectivity index is 0. The van der Waals surface area contributed by atoms with E-state index in [-0.39, 0.29) is 37.6 Å². The number of rotatable bonds is 5. The molecular weight excluding hydrogens is 226 g/mol. The van der Waals surface area contributed by atoms with Crippen molar-refractivity contribution < 1.29 is 10.2 Å². The molecule has 0 spiro atoms. The molecule has 0 aliphatic rings. The van der Waals surface area contributed by atoms with Gasteiger partial charge in [-0.25, -0.2) is 0 Å². The van der Waals surface area contributed by atoms with Crippen LogP contribution in [0.5, 0.6) is 0 Å². The molecule has 0 aromatic heterocycles. The Labute approximate surface area is 73.7 Å². The normalized spacial score (nSPS) is 8.67. The van der Waals surface area contributed by atoms with Crippen molar-refractivity contribution in [1.29, 1.82) is 0 Å². The van der Waals surface area contributed by atoms with Crippen LogP contribution in [0.3, 0.4) is 0 Å². The first-order valence-corrected chi connectivity index (χ1v) is 3.13. The molecule has 0 bridgehead atoms. The molecule has 9 heavy (non-hydrogen) atoms. The molecule has 2 N–H and O–H groups in total. The van der Waals surface area contributed by atoms with Gasteiger partial charge in [0, 0.05) is 13.2 Å². The fourth-order valence-corrected chi connectivity index (χ4v) is 0.577. The van der Waals surface area contributed by atoms with Gasteiger partial charge in [0.05, 0.1) is 0 Å². The Morgan fingerprint density at radius 1 is 0.667 bits per heavy atom. The molecule has 0 saturated carbocycles. The molecular formula is C6H17O2Sb. The topological polar surface area (TPSA) is 40.5 Å². The molecule has 0 amide bonds. The van der Waals surface area contributed by atoms with Crippen LogP contribution in [-0.2, 0) is 0 Å². The minimum absolute atomic E-state index is 0.